The molecule has 0 amide bonds. The molecule has 0 saturated heterocycles. The van der Waals surface area contributed by atoms with Gasteiger partial charge in [-0.1, -0.05) is 26.3 Å². The summed E-state index contributed by atoms with van der Waals surface area (Å²) in [5, 5.41) is -0.0374. The van der Waals surface area contributed by atoms with Gasteiger partial charge in [0.15, 0.2) is 0 Å². The van der Waals surface area contributed by atoms with Gasteiger partial charge in [-0.2, -0.15) is 0 Å². The van der Waals surface area contributed by atoms with Crippen LogP contribution in [0.4, 0.5) is 0 Å². The average Bonchev–Trinajstić information content (AvgIpc) is 2.77. The van der Waals surface area contributed by atoms with Crippen LogP contribution in [0.2, 0.25) is 0 Å². The molecule has 2 rings (SSSR count). The highest BCUT2D eigenvalue weighted by Gasteiger charge is 2.40. The van der Waals surface area contributed by atoms with Crippen LogP contribution in [0, 0.1) is 11.3 Å². The lowest BCUT2D eigenvalue weighted by Gasteiger charge is -2.32. The fraction of sp³-hybridized carbons (Fsp3) is 0.625. The van der Waals surface area contributed by atoms with Crippen molar-refractivity contribution in [2.24, 2.45) is 11.3 Å². The Kier molecular flexibility index (Phi) is 4.91. The normalized spacial score (nSPS) is 22.6. The van der Waals surface area contributed by atoms with E-state index in [0.29, 0.717) is 5.92 Å². The zero-order valence-corrected chi connectivity index (χ0v) is 14.8. The second-order valence-electron chi connectivity index (χ2n) is 6.09. The molecule has 1 aliphatic rings. The van der Waals surface area contributed by atoms with E-state index in [4.69, 9.17) is 21.1 Å². The van der Waals surface area contributed by atoms with E-state index in [-0.39, 0.29) is 10.8 Å². The monoisotopic (exact) mass is 360 g/mol. The van der Waals surface area contributed by atoms with Gasteiger partial charge in [0.05, 0.1) is 19.6 Å². The van der Waals surface area contributed by atoms with Crippen molar-refractivity contribution in [2.75, 3.05) is 14.2 Å². The van der Waals surface area contributed by atoms with Gasteiger partial charge in [-0.3, -0.25) is 0 Å². The molecule has 4 heteroatoms. The molecule has 1 saturated carbocycles. The Labute approximate surface area is 134 Å². The third kappa shape index (κ3) is 2.80. The number of benzene rings is 1. The molecule has 2 unspecified atom stereocenters. The Bertz CT molecular complexity index is 488. The molecule has 112 valence electrons. The van der Waals surface area contributed by atoms with Crippen molar-refractivity contribution in [2.45, 2.75) is 38.5 Å². The van der Waals surface area contributed by atoms with Gasteiger partial charge in [-0.15, -0.1) is 11.6 Å². The van der Waals surface area contributed by atoms with Gasteiger partial charge in [0.2, 0.25) is 0 Å². The van der Waals surface area contributed by atoms with Crippen LogP contribution >= 0.6 is 27.5 Å². The molecule has 2 atom stereocenters. The average molecular weight is 362 g/mol. The number of hydrogen-bond acceptors (Lipinski definition) is 2. The summed E-state index contributed by atoms with van der Waals surface area (Å²) >= 11 is 10.4. The molecule has 0 aromatic heterocycles. The van der Waals surface area contributed by atoms with Crippen LogP contribution in [-0.2, 0) is 0 Å². The molecule has 0 spiro atoms. The molecule has 1 aromatic rings. The van der Waals surface area contributed by atoms with Gasteiger partial charge in [0.25, 0.3) is 0 Å². The first-order chi connectivity index (χ1) is 9.42. The largest absolute Gasteiger partial charge is 0.495 e. The van der Waals surface area contributed by atoms with Crippen LogP contribution in [0.5, 0.6) is 11.5 Å². The lowest BCUT2D eigenvalue weighted by Crippen LogP contribution is -2.22. The number of alkyl halides is 1. The van der Waals surface area contributed by atoms with Crippen LogP contribution in [0.3, 0.4) is 0 Å². The Morgan fingerprint density at radius 2 is 2.00 bits per heavy atom. The molecule has 0 heterocycles. The van der Waals surface area contributed by atoms with Gasteiger partial charge in [0.1, 0.15) is 16.0 Å². The molecule has 20 heavy (non-hydrogen) atoms. The standard InChI is InChI=1S/C16H22BrClO2/c1-16(2)9-5-6-11(16)14(18)10-7-8-12(19-3)13(17)15(10)20-4/h7-8,11,14H,5-6,9H2,1-4H3. The summed E-state index contributed by atoms with van der Waals surface area (Å²) in [6, 6.07) is 3.97. The molecule has 1 aliphatic carbocycles. The minimum absolute atomic E-state index is 0.0374. The quantitative estimate of drug-likeness (QED) is 0.652. The number of hydrogen-bond donors (Lipinski definition) is 0. The van der Waals surface area contributed by atoms with E-state index < -0.39 is 0 Å². The first kappa shape index (κ1) is 16.0. The molecule has 0 N–H and O–H groups in total. The van der Waals surface area contributed by atoms with Crippen molar-refractivity contribution in [3.8, 4) is 11.5 Å². The first-order valence-corrected chi connectivity index (χ1v) is 8.19. The van der Waals surface area contributed by atoms with E-state index in [0.717, 1.165) is 21.5 Å². The van der Waals surface area contributed by atoms with Gasteiger partial charge < -0.3 is 9.47 Å². The van der Waals surface area contributed by atoms with E-state index in [9.17, 15) is 0 Å². The maximum absolute atomic E-state index is 6.81. The van der Waals surface area contributed by atoms with Crippen LogP contribution in [0.25, 0.3) is 0 Å². The lowest BCUT2D eigenvalue weighted by molar-refractivity contribution is 0.249. The zero-order chi connectivity index (χ0) is 14.9. The highest BCUT2D eigenvalue weighted by atomic mass is 79.9. The summed E-state index contributed by atoms with van der Waals surface area (Å²) < 4.78 is 11.7. The van der Waals surface area contributed by atoms with Crippen molar-refractivity contribution >= 4 is 27.5 Å². The minimum Gasteiger partial charge on any atom is -0.495 e. The third-order valence-corrected chi connectivity index (χ3v) is 5.80. The topological polar surface area (TPSA) is 18.5 Å². The van der Waals surface area contributed by atoms with Crippen molar-refractivity contribution in [1.29, 1.82) is 0 Å². The molecule has 0 aliphatic heterocycles. The lowest BCUT2D eigenvalue weighted by atomic mass is 9.78. The maximum Gasteiger partial charge on any atom is 0.141 e. The van der Waals surface area contributed by atoms with E-state index in [1.807, 2.05) is 12.1 Å². The van der Waals surface area contributed by atoms with Crippen LogP contribution in [0.15, 0.2) is 16.6 Å². The number of ether oxygens (including phenoxy) is 2. The SMILES string of the molecule is COc1ccc(C(Cl)C2CCCC2(C)C)c(OC)c1Br. The van der Waals surface area contributed by atoms with Gasteiger partial charge in [-0.25, -0.2) is 0 Å². The molecule has 1 fully saturated rings. The molecule has 0 radical (unpaired) electrons. The summed E-state index contributed by atoms with van der Waals surface area (Å²) in [5.41, 5.74) is 1.32. The third-order valence-electron chi connectivity index (χ3n) is 4.51. The zero-order valence-electron chi connectivity index (χ0n) is 12.5. The highest BCUT2D eigenvalue weighted by Crippen LogP contribution is 2.53. The summed E-state index contributed by atoms with van der Waals surface area (Å²) in [5.74, 6) is 2.02. The minimum atomic E-state index is -0.0374. The summed E-state index contributed by atoms with van der Waals surface area (Å²) in [7, 11) is 3.32. The Morgan fingerprint density at radius 1 is 1.30 bits per heavy atom. The Morgan fingerprint density at radius 3 is 2.50 bits per heavy atom. The summed E-state index contributed by atoms with van der Waals surface area (Å²) in [4.78, 5) is 0. The molecule has 0 bridgehead atoms. The predicted octanol–water partition coefficient (Wildman–Crippen LogP) is 5.57. The second-order valence-corrected chi connectivity index (χ2v) is 7.36. The fourth-order valence-electron chi connectivity index (χ4n) is 3.25. The van der Waals surface area contributed by atoms with Crippen molar-refractivity contribution in [3.05, 3.63) is 22.2 Å². The van der Waals surface area contributed by atoms with Gasteiger partial charge in [0, 0.05) is 5.56 Å². The highest BCUT2D eigenvalue weighted by molar-refractivity contribution is 9.10. The van der Waals surface area contributed by atoms with E-state index in [2.05, 4.69) is 29.8 Å². The predicted molar refractivity (Wildman–Crippen MR) is 87.0 cm³/mol. The summed E-state index contributed by atoms with van der Waals surface area (Å²) in [6.45, 7) is 4.62. The van der Waals surface area contributed by atoms with E-state index in [1.165, 1.54) is 19.3 Å². The second kappa shape index (κ2) is 6.15. The maximum atomic E-state index is 6.81. The Balaban J connectivity index is 2.39. The fourth-order valence-corrected chi connectivity index (χ4v) is 4.57. The van der Waals surface area contributed by atoms with E-state index in [1.54, 1.807) is 14.2 Å². The smallest absolute Gasteiger partial charge is 0.141 e. The Hall–Kier alpha value is -0.410. The van der Waals surface area contributed by atoms with Crippen molar-refractivity contribution in [1.82, 2.24) is 0 Å². The molecular weight excluding hydrogens is 340 g/mol. The summed E-state index contributed by atoms with van der Waals surface area (Å²) in [6.07, 6.45) is 3.66. The first-order valence-electron chi connectivity index (χ1n) is 6.97. The molecular formula is C16H22BrClO2. The number of halogens is 2. The van der Waals surface area contributed by atoms with Crippen molar-refractivity contribution in [3.63, 3.8) is 0 Å². The van der Waals surface area contributed by atoms with Gasteiger partial charge in [-0.05, 0) is 46.2 Å². The molecule has 2 nitrogen and oxygen atoms in total. The molecule has 1 aromatic carbocycles. The van der Waals surface area contributed by atoms with Crippen LogP contribution < -0.4 is 9.47 Å². The van der Waals surface area contributed by atoms with E-state index >= 15 is 0 Å². The van der Waals surface area contributed by atoms with Gasteiger partial charge >= 0.3 is 0 Å². The van der Waals surface area contributed by atoms with Crippen molar-refractivity contribution < 1.29 is 9.47 Å². The van der Waals surface area contributed by atoms with Crippen LogP contribution in [0.1, 0.15) is 44.1 Å². The van der Waals surface area contributed by atoms with Crippen LogP contribution in [-0.4, -0.2) is 14.2 Å². The number of rotatable bonds is 4. The number of methoxy groups -OCH3 is 2.